The maximum Gasteiger partial charge on any atom is 0.279 e. The van der Waals surface area contributed by atoms with Gasteiger partial charge in [0.25, 0.3) is 5.69 Å². The van der Waals surface area contributed by atoms with Gasteiger partial charge in [-0.1, -0.05) is 25.5 Å². The SMILES string of the molecule is CCCCC(=O)N[C@@H](c1ccc(OC)cc1)c1cc([N+](=O)[O-])c2cccnc2c1O. The van der Waals surface area contributed by atoms with Crippen LogP contribution in [0.5, 0.6) is 11.5 Å². The fraction of sp³-hybridized carbons (Fsp3) is 0.273. The number of methoxy groups -OCH3 is 1. The second kappa shape index (κ2) is 9.21. The van der Waals surface area contributed by atoms with Crippen LogP contribution in [0, 0.1) is 10.1 Å². The molecule has 0 aliphatic carbocycles. The van der Waals surface area contributed by atoms with Gasteiger partial charge in [0.05, 0.1) is 23.5 Å². The minimum absolute atomic E-state index is 0.114. The monoisotopic (exact) mass is 409 g/mol. The number of rotatable bonds is 8. The molecule has 0 bridgehead atoms. The molecule has 0 aliphatic heterocycles. The van der Waals surface area contributed by atoms with Gasteiger partial charge in [-0.05, 0) is 36.2 Å². The van der Waals surface area contributed by atoms with Gasteiger partial charge in [0.2, 0.25) is 5.91 Å². The molecule has 2 N–H and O–H groups in total. The molecule has 0 fully saturated rings. The van der Waals surface area contributed by atoms with Crippen LogP contribution in [0.2, 0.25) is 0 Å². The topological polar surface area (TPSA) is 115 Å². The molecule has 2 aromatic carbocycles. The van der Waals surface area contributed by atoms with Gasteiger partial charge in [-0.2, -0.15) is 0 Å². The van der Waals surface area contributed by atoms with Crippen molar-refractivity contribution in [3.05, 3.63) is 69.9 Å². The number of nitrogens with one attached hydrogen (secondary N) is 1. The van der Waals surface area contributed by atoms with Crippen molar-refractivity contribution in [2.24, 2.45) is 0 Å². The molecule has 3 aromatic rings. The molecule has 3 rings (SSSR count). The van der Waals surface area contributed by atoms with Crippen LogP contribution in [0.25, 0.3) is 10.9 Å². The molecule has 8 nitrogen and oxygen atoms in total. The Morgan fingerprint density at radius 2 is 2.03 bits per heavy atom. The maximum atomic E-state index is 12.5. The summed E-state index contributed by atoms with van der Waals surface area (Å²) in [6, 6.07) is 10.6. The Balaban J connectivity index is 2.16. The number of non-ortho nitro benzene ring substituents is 1. The molecule has 0 radical (unpaired) electrons. The van der Waals surface area contributed by atoms with Gasteiger partial charge < -0.3 is 15.2 Å². The third-order valence-electron chi connectivity index (χ3n) is 4.89. The van der Waals surface area contributed by atoms with E-state index >= 15 is 0 Å². The van der Waals surface area contributed by atoms with Crippen LogP contribution in [0.4, 0.5) is 5.69 Å². The summed E-state index contributed by atoms with van der Waals surface area (Å²) >= 11 is 0. The van der Waals surface area contributed by atoms with Crippen LogP contribution in [0.1, 0.15) is 43.4 Å². The average molecular weight is 409 g/mol. The van der Waals surface area contributed by atoms with Gasteiger partial charge in [-0.25, -0.2) is 0 Å². The van der Waals surface area contributed by atoms with E-state index in [1.807, 2.05) is 6.92 Å². The molecule has 156 valence electrons. The molecule has 0 spiro atoms. The highest BCUT2D eigenvalue weighted by atomic mass is 16.6. The number of nitrogens with zero attached hydrogens (tertiary/aromatic N) is 2. The molecule has 1 amide bonds. The molecular formula is C22H23N3O5. The number of phenolic OH excluding ortho intramolecular Hbond substituents is 1. The number of nitro groups is 1. The highest BCUT2D eigenvalue weighted by molar-refractivity contribution is 5.94. The zero-order valence-corrected chi connectivity index (χ0v) is 16.8. The van der Waals surface area contributed by atoms with E-state index in [4.69, 9.17) is 4.74 Å². The Hall–Kier alpha value is -3.68. The van der Waals surface area contributed by atoms with Crippen molar-refractivity contribution in [1.82, 2.24) is 10.3 Å². The maximum absolute atomic E-state index is 12.5. The van der Waals surface area contributed by atoms with Crippen LogP contribution in [-0.4, -0.2) is 28.0 Å². The molecule has 0 aliphatic rings. The van der Waals surface area contributed by atoms with Crippen LogP contribution in [0.3, 0.4) is 0 Å². The highest BCUT2D eigenvalue weighted by Gasteiger charge is 2.26. The minimum Gasteiger partial charge on any atom is -0.505 e. The Labute approximate surface area is 173 Å². The number of aromatic nitrogens is 1. The zero-order chi connectivity index (χ0) is 21.7. The lowest BCUT2D eigenvalue weighted by molar-refractivity contribution is -0.383. The number of unbranched alkanes of at least 4 members (excludes halogenated alkanes) is 1. The lowest BCUT2D eigenvalue weighted by atomic mass is 9.95. The third-order valence-corrected chi connectivity index (χ3v) is 4.89. The summed E-state index contributed by atoms with van der Waals surface area (Å²) in [5.41, 5.74) is 0.790. The summed E-state index contributed by atoms with van der Waals surface area (Å²) in [7, 11) is 1.54. The van der Waals surface area contributed by atoms with E-state index in [0.717, 1.165) is 6.42 Å². The summed E-state index contributed by atoms with van der Waals surface area (Å²) in [5.74, 6) is 0.221. The number of hydrogen-bond donors (Lipinski definition) is 2. The summed E-state index contributed by atoms with van der Waals surface area (Å²) in [5, 5.41) is 25.7. The van der Waals surface area contributed by atoms with Gasteiger partial charge in [0, 0.05) is 24.2 Å². The quantitative estimate of drug-likeness (QED) is 0.424. The molecule has 8 heteroatoms. The third kappa shape index (κ3) is 4.32. The van der Waals surface area contributed by atoms with Crippen molar-refractivity contribution in [3.63, 3.8) is 0 Å². The molecule has 1 heterocycles. The summed E-state index contributed by atoms with van der Waals surface area (Å²) in [4.78, 5) is 27.8. The highest BCUT2D eigenvalue weighted by Crippen LogP contribution is 2.39. The van der Waals surface area contributed by atoms with E-state index in [1.165, 1.54) is 18.3 Å². The van der Waals surface area contributed by atoms with Crippen molar-refractivity contribution < 1.29 is 19.6 Å². The van der Waals surface area contributed by atoms with Crippen molar-refractivity contribution >= 4 is 22.5 Å². The van der Waals surface area contributed by atoms with Gasteiger partial charge in [0.15, 0.2) is 0 Å². The minimum atomic E-state index is -0.787. The predicted molar refractivity (Wildman–Crippen MR) is 113 cm³/mol. The molecule has 0 saturated heterocycles. The first-order chi connectivity index (χ1) is 14.5. The Morgan fingerprint density at radius 1 is 1.30 bits per heavy atom. The lowest BCUT2D eigenvalue weighted by Crippen LogP contribution is -2.29. The molecule has 0 unspecified atom stereocenters. The van der Waals surface area contributed by atoms with Crippen LogP contribution >= 0.6 is 0 Å². The number of carbonyl (C=O) groups is 1. The number of carbonyl (C=O) groups excluding carboxylic acids is 1. The fourth-order valence-electron chi connectivity index (χ4n) is 3.31. The normalized spacial score (nSPS) is 11.8. The predicted octanol–water partition coefficient (Wildman–Crippen LogP) is 4.25. The van der Waals surface area contributed by atoms with Crippen LogP contribution in [0.15, 0.2) is 48.7 Å². The van der Waals surface area contributed by atoms with E-state index in [9.17, 15) is 20.0 Å². The van der Waals surface area contributed by atoms with Crippen molar-refractivity contribution in [3.8, 4) is 11.5 Å². The Morgan fingerprint density at radius 3 is 2.67 bits per heavy atom. The fourth-order valence-corrected chi connectivity index (χ4v) is 3.31. The van der Waals surface area contributed by atoms with E-state index in [2.05, 4.69) is 10.3 Å². The molecule has 1 aromatic heterocycles. The number of hydrogen-bond acceptors (Lipinski definition) is 6. The van der Waals surface area contributed by atoms with Gasteiger partial charge >= 0.3 is 0 Å². The van der Waals surface area contributed by atoms with Crippen molar-refractivity contribution in [2.75, 3.05) is 7.11 Å². The first kappa shape index (κ1) is 21.0. The largest absolute Gasteiger partial charge is 0.505 e. The Bertz CT molecular complexity index is 1070. The summed E-state index contributed by atoms with van der Waals surface area (Å²) < 4.78 is 5.18. The summed E-state index contributed by atoms with van der Waals surface area (Å²) in [6.07, 6.45) is 3.35. The van der Waals surface area contributed by atoms with Gasteiger partial charge in [0.1, 0.15) is 17.0 Å². The van der Waals surface area contributed by atoms with Crippen LogP contribution in [-0.2, 0) is 4.79 Å². The first-order valence-corrected chi connectivity index (χ1v) is 9.64. The second-order valence-electron chi connectivity index (χ2n) is 6.87. The number of phenols is 1. The van der Waals surface area contributed by atoms with E-state index in [0.29, 0.717) is 24.2 Å². The Kier molecular flexibility index (Phi) is 6.46. The number of benzene rings is 2. The average Bonchev–Trinajstić information content (AvgIpc) is 2.76. The standard InChI is InChI=1S/C22H23N3O5/c1-3-4-7-19(26)24-20(14-8-10-15(30-2)11-9-14)17-13-18(25(28)29)16-6-5-12-23-21(16)22(17)27/h5-6,8-13,20,27H,3-4,7H2,1-2H3,(H,24,26)/t20-/m0/s1. The molecule has 1 atom stereocenters. The van der Waals surface area contributed by atoms with Crippen LogP contribution < -0.4 is 10.1 Å². The van der Waals surface area contributed by atoms with E-state index in [1.54, 1.807) is 37.4 Å². The van der Waals surface area contributed by atoms with Crippen molar-refractivity contribution in [1.29, 1.82) is 0 Å². The smallest absolute Gasteiger partial charge is 0.279 e. The summed E-state index contributed by atoms with van der Waals surface area (Å²) in [6.45, 7) is 1.98. The number of nitro benzene ring substituents is 1. The number of aromatic hydroxyl groups is 1. The number of amides is 1. The molecular weight excluding hydrogens is 386 g/mol. The van der Waals surface area contributed by atoms with E-state index < -0.39 is 11.0 Å². The lowest BCUT2D eigenvalue weighted by Gasteiger charge is -2.22. The van der Waals surface area contributed by atoms with Gasteiger partial charge in [-0.15, -0.1) is 0 Å². The van der Waals surface area contributed by atoms with Crippen molar-refractivity contribution in [2.45, 2.75) is 32.2 Å². The zero-order valence-electron chi connectivity index (χ0n) is 16.8. The number of fused-ring (bicyclic) bond motifs is 1. The number of pyridine rings is 1. The second-order valence-corrected chi connectivity index (χ2v) is 6.87. The molecule has 30 heavy (non-hydrogen) atoms. The van der Waals surface area contributed by atoms with E-state index in [-0.39, 0.29) is 33.8 Å². The molecule has 0 saturated carbocycles. The number of ether oxygens (including phenoxy) is 1. The first-order valence-electron chi connectivity index (χ1n) is 9.64. The van der Waals surface area contributed by atoms with Gasteiger partial charge in [-0.3, -0.25) is 19.9 Å².